The molecule has 0 saturated carbocycles. The fraction of sp³-hybridized carbons (Fsp3) is 0.433. The molecule has 0 aliphatic heterocycles. The molecule has 1 atom stereocenters. The van der Waals surface area contributed by atoms with Crippen LogP contribution in [0.4, 0.5) is 4.39 Å². The van der Waals surface area contributed by atoms with Crippen molar-refractivity contribution in [2.75, 3.05) is 0 Å². The van der Waals surface area contributed by atoms with Crippen LogP contribution in [-0.2, 0) is 6.42 Å². The average molecular weight is 447 g/mol. The van der Waals surface area contributed by atoms with E-state index in [1.54, 1.807) is 6.07 Å². The second kappa shape index (κ2) is 11.4. The smallest absolute Gasteiger partial charge is 0.346 e. The molecule has 3 aromatic rings. The minimum atomic E-state index is -0.574. The average Bonchev–Trinajstić information content (AvgIpc) is 2.84. The van der Waals surface area contributed by atoms with Gasteiger partial charge in [0.25, 0.3) is 0 Å². The molecule has 1 aliphatic carbocycles. The van der Waals surface area contributed by atoms with Crippen molar-refractivity contribution >= 4 is 10.8 Å². The van der Waals surface area contributed by atoms with Gasteiger partial charge in [-0.1, -0.05) is 94.0 Å². The van der Waals surface area contributed by atoms with Gasteiger partial charge in [-0.3, -0.25) is 0 Å². The summed E-state index contributed by atoms with van der Waals surface area (Å²) >= 11 is 0. The van der Waals surface area contributed by atoms with E-state index in [1.165, 1.54) is 37.7 Å². The highest BCUT2D eigenvalue weighted by molar-refractivity contribution is 5.87. The lowest BCUT2D eigenvalue weighted by Crippen LogP contribution is -2.05. The first-order valence-corrected chi connectivity index (χ1v) is 12.7. The zero-order valence-electron chi connectivity index (χ0n) is 19.7. The molecule has 2 aromatic carbocycles. The van der Waals surface area contributed by atoms with Crippen LogP contribution < -0.4 is 5.63 Å². The third-order valence-electron chi connectivity index (χ3n) is 6.91. The van der Waals surface area contributed by atoms with Crippen LogP contribution >= 0.6 is 0 Å². The molecule has 1 unspecified atom stereocenters. The van der Waals surface area contributed by atoms with Crippen molar-refractivity contribution in [2.45, 2.75) is 83.5 Å². The highest BCUT2D eigenvalue weighted by Crippen LogP contribution is 2.32. The van der Waals surface area contributed by atoms with E-state index in [2.05, 4.69) is 31.2 Å². The molecule has 0 fully saturated rings. The first-order valence-electron chi connectivity index (χ1n) is 12.7. The van der Waals surface area contributed by atoms with E-state index >= 15 is 4.39 Å². The largest absolute Gasteiger partial charge is 0.427 e. The zero-order valence-corrected chi connectivity index (χ0v) is 19.7. The predicted molar refractivity (Wildman–Crippen MR) is 135 cm³/mol. The second-order valence-corrected chi connectivity index (χ2v) is 9.37. The van der Waals surface area contributed by atoms with Gasteiger partial charge in [-0.2, -0.15) is 0 Å². The number of unbranched alkanes of at least 4 members (excludes halogenated alkanes) is 6. The Balaban J connectivity index is 1.47. The molecule has 0 radical (unpaired) electrons. The zero-order chi connectivity index (χ0) is 23.0. The molecule has 2 nitrogen and oxygen atoms in total. The first-order chi connectivity index (χ1) is 16.2. The van der Waals surface area contributed by atoms with Gasteiger partial charge >= 0.3 is 5.63 Å². The quantitative estimate of drug-likeness (QED) is 0.230. The fourth-order valence-corrected chi connectivity index (χ4v) is 4.93. The maximum atomic E-state index is 15.4. The topological polar surface area (TPSA) is 30.2 Å². The number of hydrogen-bond acceptors (Lipinski definition) is 2. The van der Waals surface area contributed by atoms with Gasteiger partial charge in [-0.15, -0.1) is 0 Å². The van der Waals surface area contributed by atoms with E-state index in [-0.39, 0.29) is 5.39 Å². The summed E-state index contributed by atoms with van der Waals surface area (Å²) in [6.45, 7) is 2.22. The predicted octanol–water partition coefficient (Wildman–Crippen LogP) is 8.72. The Morgan fingerprint density at radius 3 is 2.42 bits per heavy atom. The monoisotopic (exact) mass is 446 g/mol. The lowest BCUT2D eigenvalue weighted by molar-refractivity contribution is 0.452. The van der Waals surface area contributed by atoms with E-state index in [1.807, 2.05) is 24.3 Å². The van der Waals surface area contributed by atoms with E-state index in [0.29, 0.717) is 22.6 Å². The lowest BCUT2D eigenvalue weighted by atomic mass is 9.87. The van der Waals surface area contributed by atoms with Crippen molar-refractivity contribution in [3.8, 4) is 11.1 Å². The molecule has 4 rings (SSSR count). The summed E-state index contributed by atoms with van der Waals surface area (Å²) < 4.78 is 20.9. The van der Waals surface area contributed by atoms with Crippen molar-refractivity contribution in [3.05, 3.63) is 82.2 Å². The van der Waals surface area contributed by atoms with Crippen LogP contribution in [0, 0.1) is 5.82 Å². The third-order valence-corrected chi connectivity index (χ3v) is 6.91. The van der Waals surface area contributed by atoms with Gasteiger partial charge in [0, 0.05) is 12.0 Å². The first kappa shape index (κ1) is 23.5. The van der Waals surface area contributed by atoms with E-state index in [4.69, 9.17) is 4.42 Å². The van der Waals surface area contributed by atoms with Gasteiger partial charge in [0.05, 0.1) is 0 Å². The van der Waals surface area contributed by atoms with Crippen LogP contribution in [0.25, 0.3) is 21.9 Å². The van der Waals surface area contributed by atoms with Crippen LogP contribution in [0.15, 0.2) is 63.8 Å². The Hall–Kier alpha value is -2.68. The number of halogens is 1. The molecule has 33 heavy (non-hydrogen) atoms. The number of allylic oxidation sites excluding steroid dienone is 2. The Morgan fingerprint density at radius 2 is 1.70 bits per heavy atom. The van der Waals surface area contributed by atoms with Gasteiger partial charge in [0.15, 0.2) is 0 Å². The summed E-state index contributed by atoms with van der Waals surface area (Å²) in [7, 11) is 0. The van der Waals surface area contributed by atoms with Gasteiger partial charge in [0.2, 0.25) is 0 Å². The summed E-state index contributed by atoms with van der Waals surface area (Å²) in [5.74, 6) is 0.698. The lowest BCUT2D eigenvalue weighted by Gasteiger charge is -2.18. The molecule has 0 bridgehead atoms. The molecule has 0 spiro atoms. The maximum absolute atomic E-state index is 15.4. The molecule has 0 saturated heterocycles. The molecule has 1 heterocycles. The normalized spacial score (nSPS) is 15.9. The van der Waals surface area contributed by atoms with Crippen LogP contribution in [0.2, 0.25) is 0 Å². The SMILES string of the molecule is CCCCCCCCCc1cc2ccc(-c3ccc(C4CC=CCC4)cc3)c(F)c2c(=O)o1. The summed E-state index contributed by atoms with van der Waals surface area (Å²) in [5, 5.41) is 0.674. The van der Waals surface area contributed by atoms with Crippen molar-refractivity contribution in [2.24, 2.45) is 0 Å². The van der Waals surface area contributed by atoms with Gasteiger partial charge in [0.1, 0.15) is 17.0 Å². The summed E-state index contributed by atoms with van der Waals surface area (Å²) in [6, 6.07) is 13.6. The molecule has 174 valence electrons. The van der Waals surface area contributed by atoms with Crippen LogP contribution in [0.5, 0.6) is 0 Å². The van der Waals surface area contributed by atoms with Crippen LogP contribution in [-0.4, -0.2) is 0 Å². The highest BCUT2D eigenvalue weighted by atomic mass is 19.1. The van der Waals surface area contributed by atoms with Crippen molar-refractivity contribution in [1.29, 1.82) is 0 Å². The minimum Gasteiger partial charge on any atom is -0.427 e. The van der Waals surface area contributed by atoms with E-state index in [9.17, 15) is 4.79 Å². The van der Waals surface area contributed by atoms with E-state index < -0.39 is 11.4 Å². The molecule has 0 amide bonds. The number of aryl methyl sites for hydroxylation is 1. The standard InChI is InChI=1S/C30H35FO2/c1-2-3-4-5-6-7-11-14-26-21-25-19-20-27(29(31)28(25)30(32)33-26)24-17-15-23(16-18-24)22-12-9-8-10-13-22/h8-9,15-22H,2-7,10-14H2,1H3. The second-order valence-electron chi connectivity index (χ2n) is 9.37. The molecule has 0 N–H and O–H groups in total. The van der Waals surface area contributed by atoms with Gasteiger partial charge in [-0.25, -0.2) is 9.18 Å². The fourth-order valence-electron chi connectivity index (χ4n) is 4.93. The summed E-state index contributed by atoms with van der Waals surface area (Å²) in [5.41, 5.74) is 1.95. The third kappa shape index (κ3) is 5.82. The van der Waals surface area contributed by atoms with Crippen LogP contribution in [0.3, 0.4) is 0 Å². The van der Waals surface area contributed by atoms with Crippen molar-refractivity contribution in [1.82, 2.24) is 0 Å². The number of rotatable bonds is 10. The highest BCUT2D eigenvalue weighted by Gasteiger charge is 2.16. The maximum Gasteiger partial charge on any atom is 0.346 e. The summed E-state index contributed by atoms with van der Waals surface area (Å²) in [6.07, 6.45) is 17.0. The van der Waals surface area contributed by atoms with Gasteiger partial charge in [-0.05, 0) is 54.2 Å². The molecule has 3 heteroatoms. The number of fused-ring (bicyclic) bond motifs is 1. The van der Waals surface area contributed by atoms with Crippen molar-refractivity contribution in [3.63, 3.8) is 0 Å². The van der Waals surface area contributed by atoms with Gasteiger partial charge < -0.3 is 4.42 Å². The van der Waals surface area contributed by atoms with Crippen molar-refractivity contribution < 1.29 is 8.81 Å². The van der Waals surface area contributed by atoms with Crippen LogP contribution in [0.1, 0.15) is 88.4 Å². The Kier molecular flexibility index (Phi) is 8.15. The molecule has 1 aromatic heterocycles. The Bertz CT molecular complexity index is 1140. The number of hydrogen-bond donors (Lipinski definition) is 0. The summed E-state index contributed by atoms with van der Waals surface area (Å²) in [4.78, 5) is 12.7. The molecular formula is C30H35FO2. The minimum absolute atomic E-state index is 0.0531. The Morgan fingerprint density at radius 1 is 0.939 bits per heavy atom. The Labute approximate surface area is 196 Å². The van der Waals surface area contributed by atoms with E-state index in [0.717, 1.165) is 44.1 Å². The number of benzene rings is 2. The molecule has 1 aliphatic rings. The molecular weight excluding hydrogens is 411 g/mol.